The van der Waals surface area contributed by atoms with E-state index in [1.54, 1.807) is 4.90 Å². The highest BCUT2D eigenvalue weighted by molar-refractivity contribution is 5.24. The minimum absolute atomic E-state index is 0.111. The van der Waals surface area contributed by atoms with E-state index < -0.39 is 12.7 Å². The molecule has 116 valence electrons. The Morgan fingerprint density at radius 2 is 1.81 bits per heavy atom. The first-order valence-electron chi connectivity index (χ1n) is 7.61. The third-order valence-corrected chi connectivity index (χ3v) is 3.99. The molecule has 0 amide bonds. The topological polar surface area (TPSA) is 15.3 Å². The average molecular weight is 298 g/mol. The van der Waals surface area contributed by atoms with Crippen LogP contribution in [0, 0.1) is 0 Å². The largest absolute Gasteiger partial charge is 0.401 e. The minimum atomic E-state index is -4.12. The van der Waals surface area contributed by atoms with Gasteiger partial charge in [0.2, 0.25) is 0 Å². The molecule has 0 radical (unpaired) electrons. The lowest BCUT2D eigenvalue weighted by Gasteiger charge is -2.23. The summed E-state index contributed by atoms with van der Waals surface area (Å²) in [5.41, 5.74) is 2.13. The summed E-state index contributed by atoms with van der Waals surface area (Å²) in [6.07, 6.45) is 0.132. The Bertz CT molecular complexity index is 479. The van der Waals surface area contributed by atoms with E-state index in [-0.39, 0.29) is 6.04 Å². The molecule has 2 fully saturated rings. The first-order valence-corrected chi connectivity index (χ1v) is 7.61. The second kappa shape index (κ2) is 5.97. The number of benzene rings is 1. The zero-order valence-electron chi connectivity index (χ0n) is 12.0. The lowest BCUT2D eigenvalue weighted by molar-refractivity contribution is -0.148. The van der Waals surface area contributed by atoms with Crippen molar-refractivity contribution in [2.45, 2.75) is 57.0 Å². The van der Waals surface area contributed by atoms with Gasteiger partial charge in [0.1, 0.15) is 0 Å². The van der Waals surface area contributed by atoms with Crippen LogP contribution in [0.3, 0.4) is 0 Å². The fourth-order valence-corrected chi connectivity index (χ4v) is 2.61. The van der Waals surface area contributed by atoms with Crippen LogP contribution in [0.1, 0.15) is 36.8 Å². The summed E-state index contributed by atoms with van der Waals surface area (Å²) in [4.78, 5) is 1.56. The number of alkyl halides is 3. The molecule has 2 nitrogen and oxygen atoms in total. The van der Waals surface area contributed by atoms with E-state index in [4.69, 9.17) is 0 Å². The van der Waals surface area contributed by atoms with Crippen LogP contribution in [0.15, 0.2) is 24.3 Å². The summed E-state index contributed by atoms with van der Waals surface area (Å²) in [5.74, 6) is 0. The summed E-state index contributed by atoms with van der Waals surface area (Å²) < 4.78 is 37.9. The summed E-state index contributed by atoms with van der Waals surface area (Å²) in [6.45, 7) is 0.394. The normalized spacial score (nSPS) is 19.2. The van der Waals surface area contributed by atoms with Gasteiger partial charge in [-0.2, -0.15) is 13.2 Å². The Kier molecular flexibility index (Phi) is 4.22. The van der Waals surface area contributed by atoms with Crippen molar-refractivity contribution in [1.29, 1.82) is 0 Å². The summed E-state index contributed by atoms with van der Waals surface area (Å²) in [7, 11) is 0. The van der Waals surface area contributed by atoms with Gasteiger partial charge in [0, 0.05) is 25.2 Å². The van der Waals surface area contributed by atoms with E-state index in [9.17, 15) is 13.2 Å². The van der Waals surface area contributed by atoms with Gasteiger partial charge in [0.15, 0.2) is 0 Å². The molecule has 1 aromatic carbocycles. The van der Waals surface area contributed by atoms with Gasteiger partial charge in [0.25, 0.3) is 0 Å². The summed E-state index contributed by atoms with van der Waals surface area (Å²) in [5, 5.41) is 3.43. The van der Waals surface area contributed by atoms with Crippen LogP contribution in [0.2, 0.25) is 0 Å². The second-order valence-corrected chi connectivity index (χ2v) is 6.23. The van der Waals surface area contributed by atoms with Crippen LogP contribution in [0.4, 0.5) is 13.2 Å². The van der Waals surface area contributed by atoms with E-state index in [0.717, 1.165) is 30.5 Å². The third kappa shape index (κ3) is 5.00. The summed E-state index contributed by atoms with van der Waals surface area (Å²) in [6, 6.07) is 8.68. The smallest absolute Gasteiger partial charge is 0.310 e. The van der Waals surface area contributed by atoms with Gasteiger partial charge in [-0.3, -0.25) is 4.90 Å². The predicted molar refractivity (Wildman–Crippen MR) is 75.8 cm³/mol. The molecule has 0 unspecified atom stereocenters. The molecule has 0 aromatic heterocycles. The van der Waals surface area contributed by atoms with Crippen molar-refractivity contribution in [1.82, 2.24) is 10.2 Å². The van der Waals surface area contributed by atoms with Crippen LogP contribution in [-0.4, -0.2) is 29.7 Å². The zero-order chi connectivity index (χ0) is 14.9. The molecule has 0 aliphatic heterocycles. The molecule has 21 heavy (non-hydrogen) atoms. The highest BCUT2D eigenvalue weighted by atomic mass is 19.4. The molecule has 1 N–H and O–H groups in total. The molecule has 2 aliphatic rings. The van der Waals surface area contributed by atoms with E-state index >= 15 is 0 Å². The number of nitrogens with one attached hydrogen (secondary N) is 1. The van der Waals surface area contributed by atoms with Crippen LogP contribution in [0.25, 0.3) is 0 Å². The molecule has 2 aliphatic carbocycles. The molecular formula is C16H21F3N2. The Labute approximate surface area is 123 Å². The van der Waals surface area contributed by atoms with Gasteiger partial charge in [0.05, 0.1) is 6.54 Å². The van der Waals surface area contributed by atoms with Gasteiger partial charge in [-0.15, -0.1) is 0 Å². The first kappa shape index (κ1) is 14.9. The van der Waals surface area contributed by atoms with Gasteiger partial charge in [-0.25, -0.2) is 0 Å². The van der Waals surface area contributed by atoms with Crippen LogP contribution < -0.4 is 5.32 Å². The van der Waals surface area contributed by atoms with Crippen molar-refractivity contribution in [3.63, 3.8) is 0 Å². The third-order valence-electron chi connectivity index (χ3n) is 3.99. The SMILES string of the molecule is FC(F)(F)CN(Cc1cccc(CNC2CC2)c1)C1CC1. The Balaban J connectivity index is 1.60. The Morgan fingerprint density at radius 3 is 2.43 bits per heavy atom. The fraction of sp³-hybridized carbons (Fsp3) is 0.625. The number of nitrogens with zero attached hydrogens (tertiary/aromatic N) is 1. The Morgan fingerprint density at radius 1 is 1.10 bits per heavy atom. The minimum Gasteiger partial charge on any atom is -0.310 e. The molecule has 0 heterocycles. The number of hydrogen-bond donors (Lipinski definition) is 1. The van der Waals surface area contributed by atoms with Crippen LogP contribution >= 0.6 is 0 Å². The highest BCUT2D eigenvalue weighted by Crippen LogP contribution is 2.31. The predicted octanol–water partition coefficient (Wildman–Crippen LogP) is 3.47. The van der Waals surface area contributed by atoms with Crippen molar-refractivity contribution in [3.8, 4) is 0 Å². The molecule has 5 heteroatoms. The number of rotatable bonds is 7. The van der Waals surface area contributed by atoms with E-state index in [2.05, 4.69) is 5.32 Å². The van der Waals surface area contributed by atoms with E-state index in [1.807, 2.05) is 24.3 Å². The summed E-state index contributed by atoms with van der Waals surface area (Å²) >= 11 is 0. The number of hydrogen-bond acceptors (Lipinski definition) is 2. The first-order chi connectivity index (χ1) is 9.99. The van der Waals surface area contributed by atoms with E-state index in [1.165, 1.54) is 12.8 Å². The lowest BCUT2D eigenvalue weighted by Crippen LogP contribution is -2.35. The van der Waals surface area contributed by atoms with Crippen LogP contribution in [-0.2, 0) is 13.1 Å². The quantitative estimate of drug-likeness (QED) is 0.829. The molecule has 0 saturated heterocycles. The maximum atomic E-state index is 12.6. The fourth-order valence-electron chi connectivity index (χ4n) is 2.61. The standard InChI is InChI=1S/C16H21F3N2/c17-16(18,19)11-21(15-6-7-15)10-13-3-1-2-12(8-13)9-20-14-4-5-14/h1-3,8,14-15,20H,4-7,9-11H2. The monoisotopic (exact) mass is 298 g/mol. The van der Waals surface area contributed by atoms with E-state index in [0.29, 0.717) is 12.6 Å². The molecule has 1 aromatic rings. The molecular weight excluding hydrogens is 277 g/mol. The van der Waals surface area contributed by atoms with Gasteiger partial charge >= 0.3 is 6.18 Å². The number of halogens is 3. The Hall–Kier alpha value is -1.07. The molecule has 3 rings (SSSR count). The van der Waals surface area contributed by atoms with Gasteiger partial charge < -0.3 is 5.32 Å². The molecule has 0 spiro atoms. The molecule has 0 atom stereocenters. The molecule has 0 bridgehead atoms. The van der Waals surface area contributed by atoms with Crippen molar-refractivity contribution < 1.29 is 13.2 Å². The van der Waals surface area contributed by atoms with Crippen molar-refractivity contribution in [2.24, 2.45) is 0 Å². The average Bonchev–Trinajstić information content (AvgIpc) is 3.27. The second-order valence-electron chi connectivity index (χ2n) is 6.23. The van der Waals surface area contributed by atoms with Gasteiger partial charge in [-0.1, -0.05) is 24.3 Å². The van der Waals surface area contributed by atoms with Crippen LogP contribution in [0.5, 0.6) is 0 Å². The van der Waals surface area contributed by atoms with Crippen molar-refractivity contribution >= 4 is 0 Å². The maximum Gasteiger partial charge on any atom is 0.401 e. The van der Waals surface area contributed by atoms with Gasteiger partial charge in [-0.05, 0) is 36.8 Å². The molecule has 2 saturated carbocycles. The van der Waals surface area contributed by atoms with Crippen molar-refractivity contribution in [2.75, 3.05) is 6.54 Å². The van der Waals surface area contributed by atoms with Crippen molar-refractivity contribution in [3.05, 3.63) is 35.4 Å². The highest BCUT2D eigenvalue weighted by Gasteiger charge is 2.37. The lowest BCUT2D eigenvalue weighted by atomic mass is 10.1. The maximum absolute atomic E-state index is 12.6. The zero-order valence-corrected chi connectivity index (χ0v) is 12.0.